The Morgan fingerprint density at radius 3 is 2.71 bits per heavy atom. The van der Waals surface area contributed by atoms with Gasteiger partial charge in [-0.2, -0.15) is 0 Å². The Kier molecular flexibility index (Phi) is 5.65. The average Bonchev–Trinajstić information content (AvgIpc) is 2.48. The van der Waals surface area contributed by atoms with Crippen molar-refractivity contribution < 1.29 is 9.53 Å². The van der Waals surface area contributed by atoms with E-state index in [4.69, 9.17) is 4.74 Å². The molecular formula is C17H22N2O2. The van der Waals surface area contributed by atoms with Crippen molar-refractivity contribution in [2.75, 3.05) is 39.3 Å². The molecule has 4 nitrogen and oxygen atoms in total. The van der Waals surface area contributed by atoms with Crippen molar-refractivity contribution in [1.82, 2.24) is 9.80 Å². The Morgan fingerprint density at radius 2 is 2.05 bits per heavy atom. The molecule has 0 atom stereocenters. The summed E-state index contributed by atoms with van der Waals surface area (Å²) >= 11 is 0. The standard InChI is InChI=1S/C17H22N2O2/c1-3-21-17(20)19-12-10-18(11-13-19)9-5-8-16-7-4-6-15(2)14-16/h4,6-7,14H,3,9-13H2,1-2H3. The van der Waals surface area contributed by atoms with Crippen LogP contribution in [0.1, 0.15) is 18.1 Å². The summed E-state index contributed by atoms with van der Waals surface area (Å²) in [6.45, 7) is 8.19. The van der Waals surface area contributed by atoms with Crippen molar-refractivity contribution in [1.29, 1.82) is 0 Å². The summed E-state index contributed by atoms with van der Waals surface area (Å²) in [6.07, 6.45) is -0.206. The molecule has 1 aliphatic heterocycles. The van der Waals surface area contributed by atoms with E-state index in [0.29, 0.717) is 19.7 Å². The molecule has 112 valence electrons. The molecule has 1 aromatic rings. The molecule has 0 spiro atoms. The van der Waals surface area contributed by atoms with E-state index in [-0.39, 0.29) is 6.09 Å². The van der Waals surface area contributed by atoms with E-state index in [1.54, 1.807) is 4.90 Å². The summed E-state index contributed by atoms with van der Waals surface area (Å²) in [4.78, 5) is 15.6. The minimum atomic E-state index is -0.206. The zero-order valence-corrected chi connectivity index (χ0v) is 12.8. The van der Waals surface area contributed by atoms with E-state index in [1.165, 1.54) is 5.56 Å². The predicted octanol–water partition coefficient (Wildman–Crippen LogP) is 2.12. The Morgan fingerprint density at radius 1 is 1.29 bits per heavy atom. The number of rotatable bonds is 2. The van der Waals surface area contributed by atoms with Crippen LogP contribution in [0.4, 0.5) is 4.79 Å². The smallest absolute Gasteiger partial charge is 0.409 e. The summed E-state index contributed by atoms with van der Waals surface area (Å²) < 4.78 is 5.01. The highest BCUT2D eigenvalue weighted by molar-refractivity contribution is 5.67. The molecule has 0 aromatic heterocycles. The van der Waals surface area contributed by atoms with E-state index < -0.39 is 0 Å². The minimum Gasteiger partial charge on any atom is -0.450 e. The molecule has 0 unspecified atom stereocenters. The van der Waals surface area contributed by atoms with Gasteiger partial charge >= 0.3 is 6.09 Å². The van der Waals surface area contributed by atoms with Crippen molar-refractivity contribution in [3.63, 3.8) is 0 Å². The van der Waals surface area contributed by atoms with Crippen molar-refractivity contribution in [2.24, 2.45) is 0 Å². The van der Waals surface area contributed by atoms with Gasteiger partial charge in [0.25, 0.3) is 0 Å². The topological polar surface area (TPSA) is 32.8 Å². The van der Waals surface area contributed by atoms with Crippen molar-refractivity contribution >= 4 is 6.09 Å². The first-order chi connectivity index (χ1) is 10.2. The van der Waals surface area contributed by atoms with Gasteiger partial charge in [0.05, 0.1) is 13.2 Å². The second kappa shape index (κ2) is 7.70. The fraction of sp³-hybridized carbons (Fsp3) is 0.471. The lowest BCUT2D eigenvalue weighted by molar-refractivity contribution is 0.0829. The number of nitrogens with zero attached hydrogens (tertiary/aromatic N) is 2. The molecule has 1 heterocycles. The first-order valence-electron chi connectivity index (χ1n) is 7.38. The molecule has 1 amide bonds. The highest BCUT2D eigenvalue weighted by Gasteiger charge is 2.20. The molecule has 1 fully saturated rings. The Labute approximate surface area is 126 Å². The summed E-state index contributed by atoms with van der Waals surface area (Å²) in [5, 5.41) is 0. The van der Waals surface area contributed by atoms with Crippen molar-refractivity contribution in [2.45, 2.75) is 13.8 Å². The van der Waals surface area contributed by atoms with Crippen molar-refractivity contribution in [3.8, 4) is 11.8 Å². The van der Waals surface area contributed by atoms with Gasteiger partial charge in [-0.3, -0.25) is 4.90 Å². The Bertz CT molecular complexity index is 537. The fourth-order valence-corrected chi connectivity index (χ4v) is 2.28. The first kappa shape index (κ1) is 15.4. The normalized spacial score (nSPS) is 15.2. The summed E-state index contributed by atoms with van der Waals surface area (Å²) in [6, 6.07) is 8.21. The number of aryl methyl sites for hydroxylation is 1. The van der Waals surface area contributed by atoms with E-state index in [9.17, 15) is 4.79 Å². The first-order valence-corrected chi connectivity index (χ1v) is 7.38. The van der Waals surface area contributed by atoms with E-state index >= 15 is 0 Å². The van der Waals surface area contributed by atoms with Gasteiger partial charge in [0, 0.05) is 31.7 Å². The van der Waals surface area contributed by atoms with Crippen LogP contribution < -0.4 is 0 Å². The summed E-state index contributed by atoms with van der Waals surface area (Å²) in [5.74, 6) is 6.40. The maximum Gasteiger partial charge on any atom is 0.409 e. The lowest BCUT2D eigenvalue weighted by atomic mass is 10.1. The number of carbonyl (C=O) groups is 1. The molecule has 1 saturated heterocycles. The molecule has 2 rings (SSSR count). The monoisotopic (exact) mass is 286 g/mol. The van der Waals surface area contributed by atoms with Crippen LogP contribution in [0.2, 0.25) is 0 Å². The van der Waals surface area contributed by atoms with E-state index in [0.717, 1.165) is 25.2 Å². The van der Waals surface area contributed by atoms with Gasteiger partial charge in [-0.1, -0.05) is 24.0 Å². The molecule has 0 bridgehead atoms. The number of carbonyl (C=O) groups excluding carboxylic acids is 1. The third-order valence-electron chi connectivity index (χ3n) is 3.45. The molecule has 1 aromatic carbocycles. The summed E-state index contributed by atoms with van der Waals surface area (Å²) in [5.41, 5.74) is 2.28. The predicted molar refractivity (Wildman–Crippen MR) is 83.1 cm³/mol. The number of hydrogen-bond donors (Lipinski definition) is 0. The number of piperazine rings is 1. The summed E-state index contributed by atoms with van der Waals surface area (Å²) in [7, 11) is 0. The number of hydrogen-bond acceptors (Lipinski definition) is 3. The van der Waals surface area contributed by atoms with Crippen LogP contribution >= 0.6 is 0 Å². The molecule has 21 heavy (non-hydrogen) atoms. The highest BCUT2D eigenvalue weighted by Crippen LogP contribution is 2.04. The number of amides is 1. The maximum absolute atomic E-state index is 11.6. The zero-order valence-electron chi connectivity index (χ0n) is 12.8. The van der Waals surface area contributed by atoms with Crippen LogP contribution in [0.3, 0.4) is 0 Å². The Hall–Kier alpha value is -1.99. The zero-order chi connectivity index (χ0) is 15.1. The second-order valence-corrected chi connectivity index (χ2v) is 5.13. The van der Waals surface area contributed by atoms with Gasteiger partial charge < -0.3 is 9.64 Å². The lowest BCUT2D eigenvalue weighted by Gasteiger charge is -2.32. The van der Waals surface area contributed by atoms with Crippen LogP contribution in [0.5, 0.6) is 0 Å². The highest BCUT2D eigenvalue weighted by atomic mass is 16.6. The van der Waals surface area contributed by atoms with Gasteiger partial charge in [-0.25, -0.2) is 4.79 Å². The van der Waals surface area contributed by atoms with Crippen molar-refractivity contribution in [3.05, 3.63) is 35.4 Å². The maximum atomic E-state index is 11.6. The minimum absolute atomic E-state index is 0.206. The third kappa shape index (κ3) is 4.80. The van der Waals surface area contributed by atoms with E-state index in [1.807, 2.05) is 19.1 Å². The van der Waals surface area contributed by atoms with Gasteiger partial charge in [-0.05, 0) is 31.5 Å². The fourth-order valence-electron chi connectivity index (χ4n) is 2.28. The van der Waals surface area contributed by atoms with Crippen LogP contribution in [-0.4, -0.2) is 55.2 Å². The van der Waals surface area contributed by atoms with Gasteiger partial charge in [0.15, 0.2) is 0 Å². The average molecular weight is 286 g/mol. The van der Waals surface area contributed by atoms with Crippen LogP contribution in [0, 0.1) is 18.8 Å². The Balaban J connectivity index is 1.78. The second-order valence-electron chi connectivity index (χ2n) is 5.13. The molecular weight excluding hydrogens is 264 g/mol. The molecule has 0 aliphatic carbocycles. The third-order valence-corrected chi connectivity index (χ3v) is 3.45. The molecule has 0 saturated carbocycles. The molecule has 0 N–H and O–H groups in total. The molecule has 4 heteroatoms. The number of ether oxygens (including phenoxy) is 1. The SMILES string of the molecule is CCOC(=O)N1CCN(CC#Cc2cccc(C)c2)CC1. The van der Waals surface area contributed by atoms with Gasteiger partial charge in [0.2, 0.25) is 0 Å². The quantitative estimate of drug-likeness (QED) is 0.781. The number of benzene rings is 1. The molecule has 1 aliphatic rings. The van der Waals surface area contributed by atoms with Crippen LogP contribution in [-0.2, 0) is 4.74 Å². The van der Waals surface area contributed by atoms with Gasteiger partial charge in [-0.15, -0.1) is 0 Å². The van der Waals surface area contributed by atoms with Crippen LogP contribution in [0.15, 0.2) is 24.3 Å². The van der Waals surface area contributed by atoms with E-state index in [2.05, 4.69) is 35.8 Å². The van der Waals surface area contributed by atoms with Crippen LogP contribution in [0.25, 0.3) is 0 Å². The lowest BCUT2D eigenvalue weighted by Crippen LogP contribution is -2.48. The largest absolute Gasteiger partial charge is 0.450 e. The van der Waals surface area contributed by atoms with Gasteiger partial charge in [0.1, 0.15) is 0 Å². The molecule has 0 radical (unpaired) electrons.